The van der Waals surface area contributed by atoms with Crippen molar-refractivity contribution in [2.24, 2.45) is 0 Å². The van der Waals surface area contributed by atoms with Gasteiger partial charge >= 0.3 is 0 Å². The van der Waals surface area contributed by atoms with Crippen LogP contribution in [-0.2, 0) is 5.41 Å². The predicted octanol–water partition coefficient (Wildman–Crippen LogP) is 6.21. The molecule has 3 aromatic rings. The fraction of sp³-hybridized carbons (Fsp3) is 0.185. The highest BCUT2D eigenvalue weighted by atomic mass is 15.4. The molecule has 0 aliphatic carbocycles. The highest BCUT2D eigenvalue weighted by Crippen LogP contribution is 2.52. The predicted molar refractivity (Wildman–Crippen MR) is 120 cm³/mol. The normalized spacial score (nSPS) is 19.8. The Morgan fingerprint density at radius 1 is 0.724 bits per heavy atom. The summed E-state index contributed by atoms with van der Waals surface area (Å²) in [6.45, 7) is 6.76. The van der Waals surface area contributed by atoms with Crippen LogP contribution in [0.2, 0.25) is 0 Å². The zero-order chi connectivity index (χ0) is 20.0. The van der Waals surface area contributed by atoms with Crippen LogP contribution < -0.4 is 4.90 Å². The average Bonchev–Trinajstić information content (AvgIpc) is 3.28. The van der Waals surface area contributed by atoms with Crippen molar-refractivity contribution in [3.63, 3.8) is 0 Å². The van der Waals surface area contributed by atoms with Crippen LogP contribution in [0.15, 0.2) is 109 Å². The number of hydrogen-bond donors (Lipinski definition) is 0. The highest BCUT2D eigenvalue weighted by molar-refractivity contribution is 5.67. The molecule has 1 unspecified atom stereocenters. The molecule has 0 bridgehead atoms. The Morgan fingerprint density at radius 3 is 1.86 bits per heavy atom. The van der Waals surface area contributed by atoms with Gasteiger partial charge in [-0.25, -0.2) is 0 Å². The molecule has 2 aliphatic rings. The molecule has 2 heterocycles. The van der Waals surface area contributed by atoms with Crippen LogP contribution in [-0.4, -0.2) is 11.1 Å². The number of hydrogen-bond acceptors (Lipinski definition) is 2. The molecule has 0 spiro atoms. The molecule has 0 saturated heterocycles. The second kappa shape index (κ2) is 6.66. The van der Waals surface area contributed by atoms with Gasteiger partial charge in [0.05, 0.1) is 11.1 Å². The molecule has 3 aromatic carbocycles. The first-order valence-electron chi connectivity index (χ1n) is 10.3. The van der Waals surface area contributed by atoms with Gasteiger partial charge in [-0.1, -0.05) is 78.9 Å². The lowest BCUT2D eigenvalue weighted by atomic mass is 9.72. The van der Waals surface area contributed by atoms with Crippen LogP contribution in [0.5, 0.6) is 0 Å². The Kier molecular flexibility index (Phi) is 4.09. The lowest BCUT2D eigenvalue weighted by Gasteiger charge is -2.33. The lowest BCUT2D eigenvalue weighted by molar-refractivity contribution is 0.389. The number of rotatable bonds is 3. The van der Waals surface area contributed by atoms with Gasteiger partial charge in [0.1, 0.15) is 6.17 Å². The highest BCUT2D eigenvalue weighted by Gasteiger charge is 2.49. The van der Waals surface area contributed by atoms with Gasteiger partial charge in [-0.3, -0.25) is 0 Å². The molecule has 2 heteroatoms. The number of benzene rings is 3. The summed E-state index contributed by atoms with van der Waals surface area (Å²) in [5.41, 5.74) is 7.57. The summed E-state index contributed by atoms with van der Waals surface area (Å²) in [5, 5.41) is 0. The summed E-state index contributed by atoms with van der Waals surface area (Å²) in [6.07, 6.45) is 4.89. The van der Waals surface area contributed by atoms with Gasteiger partial charge in [0.15, 0.2) is 0 Å². The summed E-state index contributed by atoms with van der Waals surface area (Å²) in [7, 11) is 0. The van der Waals surface area contributed by atoms with Gasteiger partial charge in [-0.15, -0.1) is 0 Å². The number of nitrogens with zero attached hydrogens (tertiary/aromatic N) is 2. The Hall–Kier alpha value is -3.26. The SMILES string of the molecule is CC1=C2N(C=CC2(c2ccccc2)c2ccccc2)C(C)N1c1ccccc1C. The van der Waals surface area contributed by atoms with Crippen LogP contribution in [0.3, 0.4) is 0 Å². The van der Waals surface area contributed by atoms with E-state index in [0.29, 0.717) is 0 Å². The molecule has 0 radical (unpaired) electrons. The molecule has 29 heavy (non-hydrogen) atoms. The standard InChI is InChI=1S/C27H26N2/c1-20-12-10-11-17-25(20)29-21(2)26-27(18-19-28(26)22(29)3,23-13-6-4-7-14-23)24-15-8-5-9-16-24/h4-19,22H,1-3H3. The van der Waals surface area contributed by atoms with Gasteiger partial charge in [0, 0.05) is 17.6 Å². The zero-order valence-corrected chi connectivity index (χ0v) is 17.2. The van der Waals surface area contributed by atoms with Crippen LogP contribution in [0.25, 0.3) is 0 Å². The molecule has 144 valence electrons. The fourth-order valence-corrected chi connectivity index (χ4v) is 5.10. The van der Waals surface area contributed by atoms with Crippen molar-refractivity contribution in [1.82, 2.24) is 4.90 Å². The minimum atomic E-state index is -0.279. The summed E-state index contributed by atoms with van der Waals surface area (Å²) in [5.74, 6) is 0. The van der Waals surface area contributed by atoms with Crippen LogP contribution in [0.1, 0.15) is 30.5 Å². The Morgan fingerprint density at radius 2 is 1.28 bits per heavy atom. The maximum atomic E-state index is 2.48. The van der Waals surface area contributed by atoms with E-state index < -0.39 is 0 Å². The van der Waals surface area contributed by atoms with E-state index in [0.717, 1.165) is 0 Å². The number of anilines is 1. The molecule has 0 aromatic heterocycles. The number of para-hydroxylation sites is 1. The molecule has 2 nitrogen and oxygen atoms in total. The summed E-state index contributed by atoms with van der Waals surface area (Å²) in [4.78, 5) is 4.93. The topological polar surface area (TPSA) is 6.48 Å². The van der Waals surface area contributed by atoms with E-state index >= 15 is 0 Å². The Bertz CT molecular complexity index is 1060. The molecule has 0 amide bonds. The average molecular weight is 379 g/mol. The molecule has 0 N–H and O–H groups in total. The second-order valence-electron chi connectivity index (χ2n) is 7.99. The zero-order valence-electron chi connectivity index (χ0n) is 17.2. The fourth-order valence-electron chi connectivity index (χ4n) is 5.10. The largest absolute Gasteiger partial charge is 0.328 e. The third kappa shape index (κ3) is 2.49. The van der Waals surface area contributed by atoms with Crippen molar-refractivity contribution in [1.29, 1.82) is 0 Å². The van der Waals surface area contributed by atoms with E-state index in [1.54, 1.807) is 0 Å². The maximum absolute atomic E-state index is 2.48. The maximum Gasteiger partial charge on any atom is 0.107 e. The van der Waals surface area contributed by atoms with E-state index in [1.807, 2.05) is 0 Å². The number of fused-ring (bicyclic) bond motifs is 1. The Balaban J connectivity index is 1.77. The monoisotopic (exact) mass is 378 g/mol. The number of allylic oxidation sites excluding steroid dienone is 2. The van der Waals surface area contributed by atoms with Crippen molar-refractivity contribution >= 4 is 5.69 Å². The minimum Gasteiger partial charge on any atom is -0.328 e. The lowest BCUT2D eigenvalue weighted by Crippen LogP contribution is -2.35. The van der Waals surface area contributed by atoms with Gasteiger partial charge in [-0.05, 0) is 49.6 Å². The van der Waals surface area contributed by atoms with Crippen LogP contribution in [0, 0.1) is 6.92 Å². The molecular weight excluding hydrogens is 352 g/mol. The smallest absolute Gasteiger partial charge is 0.107 e. The minimum absolute atomic E-state index is 0.233. The first kappa shape index (κ1) is 17.8. The summed E-state index contributed by atoms with van der Waals surface area (Å²) in [6, 6.07) is 30.4. The van der Waals surface area contributed by atoms with Crippen molar-refractivity contribution in [3.8, 4) is 0 Å². The molecule has 1 atom stereocenters. The van der Waals surface area contributed by atoms with Crippen molar-refractivity contribution < 1.29 is 0 Å². The molecule has 5 rings (SSSR count). The third-order valence-electron chi connectivity index (χ3n) is 6.43. The first-order chi connectivity index (χ1) is 14.1. The van der Waals surface area contributed by atoms with E-state index in [2.05, 4.69) is 128 Å². The van der Waals surface area contributed by atoms with E-state index in [4.69, 9.17) is 0 Å². The summed E-state index contributed by atoms with van der Waals surface area (Å²) >= 11 is 0. The van der Waals surface area contributed by atoms with Crippen molar-refractivity contribution in [3.05, 3.63) is 125 Å². The van der Waals surface area contributed by atoms with Gasteiger partial charge < -0.3 is 9.80 Å². The van der Waals surface area contributed by atoms with Gasteiger partial charge in [0.2, 0.25) is 0 Å². The van der Waals surface area contributed by atoms with Crippen LogP contribution in [0.4, 0.5) is 5.69 Å². The van der Waals surface area contributed by atoms with E-state index in [1.165, 1.54) is 33.8 Å². The van der Waals surface area contributed by atoms with Crippen LogP contribution >= 0.6 is 0 Å². The number of aryl methyl sites for hydroxylation is 1. The first-order valence-corrected chi connectivity index (χ1v) is 10.3. The molecule has 0 saturated carbocycles. The van der Waals surface area contributed by atoms with Gasteiger partial charge in [-0.2, -0.15) is 0 Å². The molecule has 2 aliphatic heterocycles. The van der Waals surface area contributed by atoms with Gasteiger partial charge in [0.25, 0.3) is 0 Å². The quantitative estimate of drug-likeness (QED) is 0.535. The Labute approximate surface area is 173 Å². The van der Waals surface area contributed by atoms with Crippen molar-refractivity contribution in [2.45, 2.75) is 32.4 Å². The third-order valence-corrected chi connectivity index (χ3v) is 6.43. The van der Waals surface area contributed by atoms with E-state index in [-0.39, 0.29) is 11.6 Å². The van der Waals surface area contributed by atoms with Crippen molar-refractivity contribution in [2.75, 3.05) is 4.90 Å². The summed E-state index contributed by atoms with van der Waals surface area (Å²) < 4.78 is 0. The molecule has 0 fully saturated rings. The second-order valence-corrected chi connectivity index (χ2v) is 7.99. The molecular formula is C27H26N2. The van der Waals surface area contributed by atoms with E-state index in [9.17, 15) is 0 Å².